The predicted molar refractivity (Wildman–Crippen MR) is 81.3 cm³/mol. The van der Waals surface area contributed by atoms with Crippen LogP contribution in [0.25, 0.3) is 16.8 Å². The van der Waals surface area contributed by atoms with E-state index in [1.54, 1.807) is 0 Å². The van der Waals surface area contributed by atoms with Crippen LogP contribution in [0.1, 0.15) is 11.3 Å². The highest BCUT2D eigenvalue weighted by Crippen LogP contribution is 2.21. The average Bonchev–Trinajstić information content (AvgIpc) is 2.75. The molecule has 3 nitrogen and oxygen atoms in total. The number of benzene rings is 2. The van der Waals surface area contributed by atoms with Gasteiger partial charge in [0.25, 0.3) is 5.56 Å². The normalized spacial score (nSPS) is 10.7. The molecule has 0 spiro atoms. The second kappa shape index (κ2) is 4.85. The van der Waals surface area contributed by atoms with Gasteiger partial charge in [-0.1, -0.05) is 42.5 Å². The van der Waals surface area contributed by atoms with Crippen LogP contribution in [0.3, 0.4) is 0 Å². The van der Waals surface area contributed by atoms with E-state index < -0.39 is 0 Å². The molecule has 3 aromatic rings. The second-order valence-corrected chi connectivity index (χ2v) is 4.94. The van der Waals surface area contributed by atoms with Gasteiger partial charge in [-0.05, 0) is 37.1 Å². The first-order valence-electron chi connectivity index (χ1n) is 6.61. The lowest BCUT2D eigenvalue weighted by Crippen LogP contribution is -2.05. The third-order valence-corrected chi connectivity index (χ3v) is 3.46. The Morgan fingerprint density at radius 1 is 0.950 bits per heavy atom. The highest BCUT2D eigenvalue weighted by Gasteiger charge is 2.13. The van der Waals surface area contributed by atoms with Gasteiger partial charge in [-0.25, -0.2) is 0 Å². The Hall–Kier alpha value is -2.55. The number of aryl methyl sites for hydroxylation is 1. The summed E-state index contributed by atoms with van der Waals surface area (Å²) < 4.78 is 1.84. The molecule has 20 heavy (non-hydrogen) atoms. The van der Waals surface area contributed by atoms with Gasteiger partial charge < -0.3 is 0 Å². The molecule has 0 saturated carbocycles. The molecule has 0 unspecified atom stereocenters. The molecule has 1 N–H and O–H groups in total. The molecule has 0 saturated heterocycles. The molecular formula is C17H16N2O. The van der Waals surface area contributed by atoms with E-state index >= 15 is 0 Å². The van der Waals surface area contributed by atoms with Gasteiger partial charge in [0.05, 0.1) is 16.9 Å². The number of rotatable bonds is 2. The number of hydrogen-bond donors (Lipinski definition) is 1. The van der Waals surface area contributed by atoms with Crippen LogP contribution in [0, 0.1) is 13.8 Å². The summed E-state index contributed by atoms with van der Waals surface area (Å²) in [6.45, 7) is 4.00. The number of H-pyrrole nitrogens is 1. The monoisotopic (exact) mass is 264 g/mol. The van der Waals surface area contributed by atoms with Crippen molar-refractivity contribution in [3.63, 3.8) is 0 Å². The van der Waals surface area contributed by atoms with Gasteiger partial charge in [-0.3, -0.25) is 14.6 Å². The number of aromatic nitrogens is 2. The topological polar surface area (TPSA) is 37.8 Å². The van der Waals surface area contributed by atoms with Gasteiger partial charge in [0.2, 0.25) is 0 Å². The highest BCUT2D eigenvalue weighted by molar-refractivity contribution is 5.65. The first-order valence-corrected chi connectivity index (χ1v) is 6.61. The van der Waals surface area contributed by atoms with Crippen molar-refractivity contribution in [3.05, 3.63) is 76.2 Å². The van der Waals surface area contributed by atoms with E-state index in [-0.39, 0.29) is 5.56 Å². The minimum absolute atomic E-state index is 0.0600. The second-order valence-electron chi connectivity index (χ2n) is 4.94. The Bertz CT molecular complexity index is 797. The van der Waals surface area contributed by atoms with Gasteiger partial charge in [0, 0.05) is 0 Å². The van der Waals surface area contributed by atoms with Crippen LogP contribution >= 0.6 is 0 Å². The van der Waals surface area contributed by atoms with E-state index in [9.17, 15) is 4.79 Å². The molecule has 0 aliphatic rings. The molecule has 0 bridgehead atoms. The standard InChI is InChI=1S/C17H16N2O/c1-12-7-6-10-15(11-12)19-13(2)16(17(20)18-19)14-8-4-3-5-9-14/h3-11H,1-2H3,(H,18,20). The van der Waals surface area contributed by atoms with Crippen LogP contribution in [-0.2, 0) is 0 Å². The SMILES string of the molecule is Cc1cccc(-n2[nH]c(=O)c(-c3ccccc3)c2C)c1. The van der Waals surface area contributed by atoms with E-state index in [1.807, 2.05) is 67.1 Å². The zero-order valence-corrected chi connectivity index (χ0v) is 11.6. The van der Waals surface area contributed by atoms with E-state index in [0.717, 1.165) is 28.1 Å². The molecule has 0 fully saturated rings. The Labute approximate surface area is 117 Å². The summed E-state index contributed by atoms with van der Waals surface area (Å²) in [5.41, 5.74) is 4.67. The third kappa shape index (κ3) is 2.07. The van der Waals surface area contributed by atoms with Crippen LogP contribution in [0.5, 0.6) is 0 Å². The summed E-state index contributed by atoms with van der Waals surface area (Å²) in [4.78, 5) is 12.2. The van der Waals surface area contributed by atoms with Gasteiger partial charge in [0.15, 0.2) is 0 Å². The van der Waals surface area contributed by atoms with Crippen molar-refractivity contribution in [2.24, 2.45) is 0 Å². The van der Waals surface area contributed by atoms with Crippen molar-refractivity contribution in [1.29, 1.82) is 0 Å². The van der Waals surface area contributed by atoms with E-state index in [2.05, 4.69) is 11.2 Å². The Morgan fingerprint density at radius 3 is 2.40 bits per heavy atom. The Morgan fingerprint density at radius 2 is 1.70 bits per heavy atom. The molecule has 3 rings (SSSR count). The summed E-state index contributed by atoms with van der Waals surface area (Å²) in [6, 6.07) is 17.8. The van der Waals surface area contributed by atoms with Crippen molar-refractivity contribution in [3.8, 4) is 16.8 Å². The lowest BCUT2D eigenvalue weighted by molar-refractivity contribution is 0.833. The predicted octanol–water partition coefficient (Wildman–Crippen LogP) is 3.45. The number of nitrogens with one attached hydrogen (secondary N) is 1. The summed E-state index contributed by atoms with van der Waals surface area (Å²) in [7, 11) is 0. The fourth-order valence-corrected chi connectivity index (χ4v) is 2.49. The molecule has 0 aliphatic heterocycles. The molecule has 100 valence electrons. The number of hydrogen-bond acceptors (Lipinski definition) is 1. The summed E-state index contributed by atoms with van der Waals surface area (Å²) >= 11 is 0. The first kappa shape index (κ1) is 12.5. The van der Waals surface area contributed by atoms with E-state index in [4.69, 9.17) is 0 Å². The zero-order valence-electron chi connectivity index (χ0n) is 11.6. The quantitative estimate of drug-likeness (QED) is 0.756. The average molecular weight is 264 g/mol. The first-order chi connectivity index (χ1) is 9.66. The number of aromatic amines is 1. The van der Waals surface area contributed by atoms with Crippen molar-refractivity contribution >= 4 is 0 Å². The fourth-order valence-electron chi connectivity index (χ4n) is 2.49. The lowest BCUT2D eigenvalue weighted by Gasteiger charge is -2.07. The summed E-state index contributed by atoms with van der Waals surface area (Å²) in [6.07, 6.45) is 0. The fraction of sp³-hybridized carbons (Fsp3) is 0.118. The summed E-state index contributed by atoms with van der Waals surface area (Å²) in [5.74, 6) is 0. The summed E-state index contributed by atoms with van der Waals surface area (Å²) in [5, 5.41) is 2.92. The van der Waals surface area contributed by atoms with Crippen molar-refractivity contribution in [2.45, 2.75) is 13.8 Å². The largest absolute Gasteiger partial charge is 0.272 e. The molecule has 2 aromatic carbocycles. The van der Waals surface area contributed by atoms with Crippen molar-refractivity contribution in [2.75, 3.05) is 0 Å². The van der Waals surface area contributed by atoms with Gasteiger partial charge >= 0.3 is 0 Å². The van der Waals surface area contributed by atoms with Crippen molar-refractivity contribution in [1.82, 2.24) is 9.78 Å². The minimum atomic E-state index is -0.0600. The highest BCUT2D eigenvalue weighted by atomic mass is 16.1. The van der Waals surface area contributed by atoms with Crippen molar-refractivity contribution < 1.29 is 0 Å². The molecule has 3 heteroatoms. The van der Waals surface area contributed by atoms with Gasteiger partial charge in [0.1, 0.15) is 0 Å². The molecule has 0 aliphatic carbocycles. The number of nitrogens with zero attached hydrogens (tertiary/aromatic N) is 1. The molecule has 1 heterocycles. The maximum Gasteiger partial charge on any atom is 0.272 e. The lowest BCUT2D eigenvalue weighted by atomic mass is 10.1. The minimum Gasteiger partial charge on any atom is -0.267 e. The van der Waals surface area contributed by atoms with E-state index in [0.29, 0.717) is 0 Å². The molecular weight excluding hydrogens is 248 g/mol. The smallest absolute Gasteiger partial charge is 0.267 e. The maximum atomic E-state index is 12.2. The Balaban J connectivity index is 2.20. The van der Waals surface area contributed by atoms with E-state index in [1.165, 1.54) is 0 Å². The zero-order chi connectivity index (χ0) is 14.1. The van der Waals surface area contributed by atoms with Gasteiger partial charge in [-0.2, -0.15) is 0 Å². The van der Waals surface area contributed by atoms with Crippen LogP contribution in [0.4, 0.5) is 0 Å². The molecule has 0 atom stereocenters. The Kier molecular flexibility index (Phi) is 3.03. The molecule has 0 amide bonds. The van der Waals surface area contributed by atoms with Crippen LogP contribution < -0.4 is 5.56 Å². The van der Waals surface area contributed by atoms with Gasteiger partial charge in [-0.15, -0.1) is 0 Å². The maximum absolute atomic E-state index is 12.2. The third-order valence-electron chi connectivity index (χ3n) is 3.46. The van der Waals surface area contributed by atoms with Crippen LogP contribution in [0.2, 0.25) is 0 Å². The molecule has 1 aromatic heterocycles. The van der Waals surface area contributed by atoms with Crippen LogP contribution in [0.15, 0.2) is 59.4 Å². The van der Waals surface area contributed by atoms with Crippen LogP contribution in [-0.4, -0.2) is 9.78 Å². The molecule has 0 radical (unpaired) electrons.